The Labute approximate surface area is 108 Å². The lowest BCUT2D eigenvalue weighted by Gasteiger charge is -2.08. The average molecular weight is 261 g/mol. The number of hydrogen-bond donors (Lipinski definition) is 1. The predicted octanol–water partition coefficient (Wildman–Crippen LogP) is 2.00. The second-order valence-corrected chi connectivity index (χ2v) is 4.42. The molecule has 2 rings (SSSR count). The summed E-state index contributed by atoms with van der Waals surface area (Å²) < 4.78 is 4.67. The molecule has 0 spiro atoms. The molecule has 0 saturated heterocycles. The molecule has 0 fully saturated rings. The van der Waals surface area contributed by atoms with Gasteiger partial charge in [-0.2, -0.15) is 0 Å². The molecule has 0 saturated carbocycles. The summed E-state index contributed by atoms with van der Waals surface area (Å²) in [5.74, 6) is -0.450. The van der Waals surface area contributed by atoms with Gasteiger partial charge in [0, 0.05) is 17.3 Å². The van der Waals surface area contributed by atoms with Crippen LogP contribution in [0.2, 0.25) is 0 Å². The number of rotatable bonds is 3. The molecule has 0 aliphatic carbocycles. The van der Waals surface area contributed by atoms with Crippen molar-refractivity contribution < 1.29 is 9.53 Å². The summed E-state index contributed by atoms with van der Waals surface area (Å²) in [7, 11) is 1.32. The van der Waals surface area contributed by atoms with Crippen molar-refractivity contribution in [3.63, 3.8) is 0 Å². The highest BCUT2D eigenvalue weighted by Crippen LogP contribution is 2.32. The number of nitrogen functional groups attached to an aromatic ring is 1. The number of carbonyl (C=O) groups excluding carboxylic acids is 1. The third kappa shape index (κ3) is 2.60. The van der Waals surface area contributed by atoms with Gasteiger partial charge in [0.2, 0.25) is 0 Å². The number of anilines is 1. The van der Waals surface area contributed by atoms with E-state index in [1.165, 1.54) is 18.9 Å². The summed E-state index contributed by atoms with van der Waals surface area (Å²) in [4.78, 5) is 20.4. The average Bonchev–Trinajstić information content (AvgIpc) is 2.41. The molecule has 1 heterocycles. The summed E-state index contributed by atoms with van der Waals surface area (Å²) in [6, 6.07) is 5.20. The van der Waals surface area contributed by atoms with Crippen LogP contribution >= 0.6 is 11.8 Å². The number of methoxy groups -OCH3 is 1. The van der Waals surface area contributed by atoms with Gasteiger partial charge in [-0.25, -0.2) is 9.78 Å². The monoisotopic (exact) mass is 261 g/mol. The number of carbonyl (C=O) groups is 1. The van der Waals surface area contributed by atoms with Crippen LogP contribution < -0.4 is 5.73 Å². The highest BCUT2D eigenvalue weighted by atomic mass is 32.2. The van der Waals surface area contributed by atoms with Crippen LogP contribution in [0.5, 0.6) is 0 Å². The first-order chi connectivity index (χ1) is 8.72. The Balaban J connectivity index is 2.32. The summed E-state index contributed by atoms with van der Waals surface area (Å²) in [6.07, 6.45) is 4.83. The molecule has 0 aliphatic heterocycles. The molecule has 2 N–H and O–H groups in total. The minimum absolute atomic E-state index is 0.353. The number of benzene rings is 1. The Morgan fingerprint density at radius 2 is 2.22 bits per heavy atom. The van der Waals surface area contributed by atoms with E-state index in [2.05, 4.69) is 14.7 Å². The van der Waals surface area contributed by atoms with Crippen LogP contribution in [0.15, 0.2) is 46.7 Å². The fraction of sp³-hybridized carbons (Fsp3) is 0.0833. The van der Waals surface area contributed by atoms with E-state index in [0.717, 1.165) is 4.90 Å². The fourth-order valence-corrected chi connectivity index (χ4v) is 2.19. The molecule has 5 nitrogen and oxygen atoms in total. The van der Waals surface area contributed by atoms with Crippen LogP contribution in [0, 0.1) is 0 Å². The molecule has 18 heavy (non-hydrogen) atoms. The number of hydrogen-bond acceptors (Lipinski definition) is 6. The number of nitrogens with two attached hydrogens (primary N) is 1. The SMILES string of the molecule is COC(=O)c1cccc(Sc2cnccn2)c1N. The lowest BCUT2D eigenvalue weighted by Crippen LogP contribution is -2.06. The zero-order valence-electron chi connectivity index (χ0n) is 9.66. The molecular formula is C12H11N3O2S. The van der Waals surface area contributed by atoms with Gasteiger partial charge in [0.25, 0.3) is 0 Å². The summed E-state index contributed by atoms with van der Waals surface area (Å²) in [6.45, 7) is 0. The van der Waals surface area contributed by atoms with Crippen molar-refractivity contribution >= 4 is 23.4 Å². The highest BCUT2D eigenvalue weighted by molar-refractivity contribution is 7.99. The Hall–Kier alpha value is -2.08. The van der Waals surface area contributed by atoms with E-state index in [1.807, 2.05) is 6.07 Å². The van der Waals surface area contributed by atoms with E-state index in [0.29, 0.717) is 16.3 Å². The Morgan fingerprint density at radius 1 is 1.39 bits per heavy atom. The van der Waals surface area contributed by atoms with Crippen LogP contribution in [0.4, 0.5) is 5.69 Å². The molecule has 0 amide bonds. The number of ether oxygens (including phenoxy) is 1. The predicted molar refractivity (Wildman–Crippen MR) is 68.3 cm³/mol. The maximum Gasteiger partial charge on any atom is 0.339 e. The number of esters is 1. The molecule has 0 atom stereocenters. The standard InChI is InChI=1S/C12H11N3O2S/c1-17-12(16)8-3-2-4-9(11(8)13)18-10-7-14-5-6-15-10/h2-7H,13H2,1H3. The van der Waals surface area contributed by atoms with Crippen LogP contribution in [0.3, 0.4) is 0 Å². The zero-order chi connectivity index (χ0) is 13.0. The van der Waals surface area contributed by atoms with Crippen molar-refractivity contribution in [1.29, 1.82) is 0 Å². The number of aromatic nitrogens is 2. The van der Waals surface area contributed by atoms with Gasteiger partial charge in [-0.1, -0.05) is 17.8 Å². The zero-order valence-corrected chi connectivity index (χ0v) is 10.5. The highest BCUT2D eigenvalue weighted by Gasteiger charge is 2.13. The first-order valence-corrected chi connectivity index (χ1v) is 5.94. The van der Waals surface area contributed by atoms with Gasteiger partial charge >= 0.3 is 5.97 Å². The second kappa shape index (κ2) is 5.50. The first-order valence-electron chi connectivity index (χ1n) is 5.13. The Morgan fingerprint density at radius 3 is 2.89 bits per heavy atom. The third-order valence-electron chi connectivity index (χ3n) is 2.23. The summed E-state index contributed by atoms with van der Waals surface area (Å²) in [5, 5.41) is 0.714. The van der Waals surface area contributed by atoms with Crippen LogP contribution in [0.25, 0.3) is 0 Å². The lowest BCUT2D eigenvalue weighted by molar-refractivity contribution is 0.0601. The summed E-state index contributed by atoms with van der Waals surface area (Å²) >= 11 is 1.35. The summed E-state index contributed by atoms with van der Waals surface area (Å²) in [5.41, 5.74) is 6.68. The maximum absolute atomic E-state index is 11.5. The number of para-hydroxylation sites is 1. The Kier molecular flexibility index (Phi) is 3.78. The molecule has 1 aromatic heterocycles. The largest absolute Gasteiger partial charge is 0.465 e. The minimum atomic E-state index is -0.450. The Bertz CT molecular complexity index is 561. The van der Waals surface area contributed by atoms with E-state index in [9.17, 15) is 4.79 Å². The topological polar surface area (TPSA) is 78.1 Å². The molecule has 0 unspecified atom stereocenters. The van der Waals surface area contributed by atoms with Gasteiger partial charge in [-0.05, 0) is 12.1 Å². The number of nitrogens with zero attached hydrogens (tertiary/aromatic N) is 2. The van der Waals surface area contributed by atoms with Crippen molar-refractivity contribution in [1.82, 2.24) is 9.97 Å². The van der Waals surface area contributed by atoms with E-state index in [1.54, 1.807) is 30.7 Å². The molecule has 0 bridgehead atoms. The molecule has 92 valence electrons. The van der Waals surface area contributed by atoms with Gasteiger partial charge in [0.15, 0.2) is 0 Å². The van der Waals surface area contributed by atoms with Crippen LogP contribution in [0.1, 0.15) is 10.4 Å². The molecule has 0 aliphatic rings. The maximum atomic E-state index is 11.5. The van der Waals surface area contributed by atoms with Gasteiger partial charge in [-0.15, -0.1) is 0 Å². The normalized spacial score (nSPS) is 10.1. The molecular weight excluding hydrogens is 250 g/mol. The first kappa shape index (κ1) is 12.4. The minimum Gasteiger partial charge on any atom is -0.465 e. The van der Waals surface area contributed by atoms with Gasteiger partial charge in [0.1, 0.15) is 5.03 Å². The van der Waals surface area contributed by atoms with Crippen molar-refractivity contribution in [2.75, 3.05) is 12.8 Å². The van der Waals surface area contributed by atoms with E-state index in [4.69, 9.17) is 5.73 Å². The quantitative estimate of drug-likeness (QED) is 0.672. The smallest absolute Gasteiger partial charge is 0.339 e. The second-order valence-electron chi connectivity index (χ2n) is 3.35. The van der Waals surface area contributed by atoms with Crippen molar-refractivity contribution in [2.45, 2.75) is 9.92 Å². The fourth-order valence-electron chi connectivity index (χ4n) is 1.37. The van der Waals surface area contributed by atoms with E-state index in [-0.39, 0.29) is 0 Å². The van der Waals surface area contributed by atoms with E-state index >= 15 is 0 Å². The third-order valence-corrected chi connectivity index (χ3v) is 3.22. The molecule has 0 radical (unpaired) electrons. The van der Waals surface area contributed by atoms with Crippen molar-refractivity contribution in [3.05, 3.63) is 42.4 Å². The molecule has 1 aromatic carbocycles. The van der Waals surface area contributed by atoms with Crippen LogP contribution in [-0.4, -0.2) is 23.0 Å². The van der Waals surface area contributed by atoms with Crippen molar-refractivity contribution in [3.8, 4) is 0 Å². The molecule has 2 aromatic rings. The van der Waals surface area contributed by atoms with Gasteiger partial charge < -0.3 is 10.5 Å². The van der Waals surface area contributed by atoms with Crippen molar-refractivity contribution in [2.24, 2.45) is 0 Å². The van der Waals surface area contributed by atoms with E-state index < -0.39 is 5.97 Å². The van der Waals surface area contributed by atoms with Gasteiger partial charge in [0.05, 0.1) is 24.6 Å². The molecule has 6 heteroatoms. The van der Waals surface area contributed by atoms with Crippen LogP contribution in [-0.2, 0) is 4.74 Å². The lowest BCUT2D eigenvalue weighted by atomic mass is 10.2. The van der Waals surface area contributed by atoms with Gasteiger partial charge in [-0.3, -0.25) is 4.98 Å².